The molecule has 1 heterocycles. The molecule has 0 fully saturated rings. The summed E-state index contributed by atoms with van der Waals surface area (Å²) in [7, 11) is 0. The molecule has 3 aromatic rings. The normalized spacial score (nSPS) is 17.5. The van der Waals surface area contributed by atoms with Gasteiger partial charge in [-0.25, -0.2) is 0 Å². The lowest BCUT2D eigenvalue weighted by molar-refractivity contribution is -0.119. The van der Waals surface area contributed by atoms with Crippen molar-refractivity contribution in [2.45, 2.75) is 12.0 Å². The number of nitrogens with zero attached hydrogens (tertiary/aromatic N) is 1. The predicted octanol–water partition coefficient (Wildman–Crippen LogP) is 5.37. The first kappa shape index (κ1) is 18.4. The number of amides is 1. The van der Waals surface area contributed by atoms with Gasteiger partial charge in [0, 0.05) is 33.4 Å². The number of hydrogen-bond acceptors (Lipinski definition) is 3. The van der Waals surface area contributed by atoms with Crippen LogP contribution in [0.2, 0.25) is 10.0 Å². The predicted molar refractivity (Wildman–Crippen MR) is 112 cm³/mol. The highest BCUT2D eigenvalue weighted by molar-refractivity contribution is 6.31. The fourth-order valence-electron chi connectivity index (χ4n) is 3.55. The molecule has 1 unspecified atom stereocenters. The molecular formula is C22H15Cl2N3O. The van der Waals surface area contributed by atoms with Crippen molar-refractivity contribution in [1.29, 1.82) is 5.26 Å². The Morgan fingerprint density at radius 3 is 2.57 bits per heavy atom. The summed E-state index contributed by atoms with van der Waals surface area (Å²) in [5, 5.41) is 16.7. The average molecular weight is 408 g/mol. The second kappa shape index (κ2) is 7.20. The van der Waals surface area contributed by atoms with Gasteiger partial charge in [0.15, 0.2) is 0 Å². The molecule has 1 aliphatic rings. The Kier molecular flexibility index (Phi) is 4.72. The summed E-state index contributed by atoms with van der Waals surface area (Å²) >= 11 is 12.3. The minimum Gasteiger partial charge on any atom is -0.367 e. The van der Waals surface area contributed by atoms with Gasteiger partial charge in [-0.05, 0) is 48.0 Å². The molecule has 0 aromatic heterocycles. The standard InChI is InChI=1S/C22H15Cl2N3O/c23-16-5-1-3-14(9-16)12-22(27-18-6-2-4-15(10-18)13-25)19-8-7-17(24)11-20(19)26-21(22)28/h1-11,27H,12H2,(H,26,28). The first-order chi connectivity index (χ1) is 13.5. The lowest BCUT2D eigenvalue weighted by atomic mass is 9.84. The van der Waals surface area contributed by atoms with Gasteiger partial charge in [0.05, 0.1) is 11.6 Å². The Morgan fingerprint density at radius 2 is 1.79 bits per heavy atom. The van der Waals surface area contributed by atoms with Crippen LogP contribution in [0, 0.1) is 11.3 Å². The van der Waals surface area contributed by atoms with Crippen molar-refractivity contribution in [3.8, 4) is 6.07 Å². The lowest BCUT2D eigenvalue weighted by Gasteiger charge is -2.30. The van der Waals surface area contributed by atoms with Gasteiger partial charge in [-0.3, -0.25) is 4.79 Å². The molecule has 4 nitrogen and oxygen atoms in total. The third-order valence-electron chi connectivity index (χ3n) is 4.78. The molecule has 1 aliphatic heterocycles. The summed E-state index contributed by atoms with van der Waals surface area (Å²) in [4.78, 5) is 13.2. The number of anilines is 2. The molecule has 0 spiro atoms. The first-order valence-corrected chi connectivity index (χ1v) is 9.40. The SMILES string of the molecule is N#Cc1cccc(NC2(Cc3cccc(Cl)c3)C(=O)Nc3cc(Cl)ccc32)c1. The van der Waals surface area contributed by atoms with E-state index in [-0.39, 0.29) is 5.91 Å². The van der Waals surface area contributed by atoms with Crippen LogP contribution in [0.3, 0.4) is 0 Å². The number of rotatable bonds is 4. The number of nitriles is 1. The maximum Gasteiger partial charge on any atom is 0.255 e. The molecule has 3 aromatic carbocycles. The number of nitrogens with one attached hydrogen (secondary N) is 2. The van der Waals surface area contributed by atoms with E-state index in [2.05, 4.69) is 16.7 Å². The third-order valence-corrected chi connectivity index (χ3v) is 5.26. The number of hydrogen-bond donors (Lipinski definition) is 2. The molecule has 1 atom stereocenters. The molecule has 0 aliphatic carbocycles. The van der Waals surface area contributed by atoms with Crippen LogP contribution in [0.4, 0.5) is 11.4 Å². The van der Waals surface area contributed by atoms with Gasteiger partial charge < -0.3 is 10.6 Å². The van der Waals surface area contributed by atoms with Crippen molar-refractivity contribution in [2.24, 2.45) is 0 Å². The second-order valence-corrected chi connectivity index (χ2v) is 7.55. The molecule has 0 saturated carbocycles. The van der Waals surface area contributed by atoms with E-state index >= 15 is 0 Å². The summed E-state index contributed by atoms with van der Waals surface area (Å²) in [6, 6.07) is 22.0. The zero-order chi connectivity index (χ0) is 19.7. The van der Waals surface area contributed by atoms with Gasteiger partial charge >= 0.3 is 0 Å². The topological polar surface area (TPSA) is 64.9 Å². The maximum absolute atomic E-state index is 13.2. The molecule has 28 heavy (non-hydrogen) atoms. The van der Waals surface area contributed by atoms with Gasteiger partial charge in [-0.15, -0.1) is 0 Å². The minimum atomic E-state index is -1.06. The monoisotopic (exact) mass is 407 g/mol. The highest BCUT2D eigenvalue weighted by Gasteiger charge is 2.47. The van der Waals surface area contributed by atoms with Crippen molar-refractivity contribution >= 4 is 40.5 Å². The molecule has 4 rings (SSSR count). The van der Waals surface area contributed by atoms with E-state index in [1.165, 1.54) is 0 Å². The van der Waals surface area contributed by atoms with Crippen LogP contribution < -0.4 is 10.6 Å². The number of carbonyl (C=O) groups is 1. The number of benzene rings is 3. The first-order valence-electron chi connectivity index (χ1n) is 8.64. The maximum atomic E-state index is 13.2. The molecular weight excluding hydrogens is 393 g/mol. The van der Waals surface area contributed by atoms with Crippen molar-refractivity contribution in [2.75, 3.05) is 10.6 Å². The van der Waals surface area contributed by atoms with Crippen molar-refractivity contribution < 1.29 is 4.79 Å². The molecule has 0 bridgehead atoms. The summed E-state index contributed by atoms with van der Waals surface area (Å²) < 4.78 is 0. The van der Waals surface area contributed by atoms with Crippen molar-refractivity contribution in [1.82, 2.24) is 0 Å². The Hall–Kier alpha value is -3.00. The fourth-order valence-corrected chi connectivity index (χ4v) is 3.94. The van der Waals surface area contributed by atoms with E-state index in [1.54, 1.807) is 36.4 Å². The Labute approximate surface area is 172 Å². The number of halogens is 2. The Morgan fingerprint density at radius 1 is 1.00 bits per heavy atom. The van der Waals surface area contributed by atoms with Crippen LogP contribution in [0.5, 0.6) is 0 Å². The smallest absolute Gasteiger partial charge is 0.255 e. The van der Waals surface area contributed by atoms with Gasteiger partial charge in [0.2, 0.25) is 0 Å². The number of carbonyl (C=O) groups excluding carboxylic acids is 1. The van der Waals surface area contributed by atoms with E-state index in [0.717, 1.165) is 11.1 Å². The summed E-state index contributed by atoms with van der Waals surface area (Å²) in [6.45, 7) is 0. The summed E-state index contributed by atoms with van der Waals surface area (Å²) in [5.41, 5.74) is 2.51. The zero-order valence-corrected chi connectivity index (χ0v) is 16.2. The zero-order valence-electron chi connectivity index (χ0n) is 14.7. The van der Waals surface area contributed by atoms with E-state index < -0.39 is 5.54 Å². The molecule has 0 saturated heterocycles. The van der Waals surface area contributed by atoms with Crippen molar-refractivity contribution in [3.63, 3.8) is 0 Å². The molecule has 138 valence electrons. The largest absolute Gasteiger partial charge is 0.367 e. The quantitative estimate of drug-likeness (QED) is 0.610. The lowest BCUT2D eigenvalue weighted by Crippen LogP contribution is -2.44. The molecule has 1 amide bonds. The van der Waals surface area contributed by atoms with Crippen LogP contribution in [-0.4, -0.2) is 5.91 Å². The highest BCUT2D eigenvalue weighted by Crippen LogP contribution is 2.42. The third kappa shape index (κ3) is 3.31. The van der Waals surface area contributed by atoms with Crippen LogP contribution in [-0.2, 0) is 16.8 Å². The molecule has 0 radical (unpaired) electrons. The molecule has 2 N–H and O–H groups in total. The summed E-state index contributed by atoms with van der Waals surface area (Å²) in [6.07, 6.45) is 0.380. The van der Waals surface area contributed by atoms with Gasteiger partial charge in [-0.2, -0.15) is 5.26 Å². The highest BCUT2D eigenvalue weighted by atomic mass is 35.5. The van der Waals surface area contributed by atoms with E-state index in [1.807, 2.05) is 30.3 Å². The Bertz CT molecular complexity index is 1120. The van der Waals surface area contributed by atoms with Gasteiger partial charge in [0.1, 0.15) is 5.54 Å². The summed E-state index contributed by atoms with van der Waals surface area (Å²) in [5.74, 6) is -0.188. The van der Waals surface area contributed by atoms with Crippen LogP contribution in [0.25, 0.3) is 0 Å². The van der Waals surface area contributed by atoms with Crippen LogP contribution in [0.15, 0.2) is 66.7 Å². The molecule has 6 heteroatoms. The van der Waals surface area contributed by atoms with Gasteiger partial charge in [-0.1, -0.05) is 47.5 Å². The van der Waals surface area contributed by atoms with Crippen LogP contribution in [0.1, 0.15) is 16.7 Å². The van der Waals surface area contributed by atoms with Gasteiger partial charge in [0.25, 0.3) is 5.91 Å². The average Bonchev–Trinajstić information content (AvgIpc) is 2.92. The Balaban J connectivity index is 1.84. The fraction of sp³-hybridized carbons (Fsp3) is 0.0909. The number of fused-ring (bicyclic) bond motifs is 1. The van der Waals surface area contributed by atoms with E-state index in [4.69, 9.17) is 23.2 Å². The van der Waals surface area contributed by atoms with E-state index in [9.17, 15) is 10.1 Å². The van der Waals surface area contributed by atoms with E-state index in [0.29, 0.717) is 33.4 Å². The van der Waals surface area contributed by atoms with Crippen molar-refractivity contribution in [3.05, 3.63) is 93.5 Å². The van der Waals surface area contributed by atoms with Crippen LogP contribution >= 0.6 is 23.2 Å². The minimum absolute atomic E-state index is 0.188. The second-order valence-electron chi connectivity index (χ2n) is 6.67.